The van der Waals surface area contributed by atoms with E-state index in [0.717, 1.165) is 50.9 Å². The number of aliphatic imine (C=N–C) groups is 1. The van der Waals surface area contributed by atoms with Gasteiger partial charge in [0.25, 0.3) is 0 Å². The van der Waals surface area contributed by atoms with Crippen LogP contribution in [0, 0.1) is 11.8 Å². The molecule has 1 heterocycles. The highest BCUT2D eigenvalue weighted by atomic mass is 16.5. The van der Waals surface area contributed by atoms with Crippen LogP contribution in [0.4, 0.5) is 0 Å². The molecule has 2 aliphatic rings. The van der Waals surface area contributed by atoms with Crippen LogP contribution in [0.2, 0.25) is 0 Å². The number of likely N-dealkylation sites (tertiary alicyclic amines) is 1. The van der Waals surface area contributed by atoms with Gasteiger partial charge in [-0.25, -0.2) is 0 Å². The molecule has 2 fully saturated rings. The molecule has 1 saturated carbocycles. The summed E-state index contributed by atoms with van der Waals surface area (Å²) < 4.78 is 5.15. The molecule has 0 spiro atoms. The molecule has 20 heavy (non-hydrogen) atoms. The number of hydrogen-bond donors (Lipinski definition) is 1. The molecule has 1 aliphatic heterocycles. The van der Waals surface area contributed by atoms with E-state index in [9.17, 15) is 4.79 Å². The molecule has 1 aliphatic carbocycles. The van der Waals surface area contributed by atoms with Gasteiger partial charge in [-0.2, -0.15) is 0 Å². The number of piperidine rings is 1. The summed E-state index contributed by atoms with van der Waals surface area (Å²) in [5.41, 5.74) is 0. The van der Waals surface area contributed by atoms with Crippen LogP contribution in [0.1, 0.15) is 39.5 Å². The summed E-state index contributed by atoms with van der Waals surface area (Å²) in [5.74, 6) is 1.69. The van der Waals surface area contributed by atoms with Crippen LogP contribution in [0.15, 0.2) is 4.99 Å². The van der Waals surface area contributed by atoms with Crippen LogP contribution in [0.25, 0.3) is 0 Å². The van der Waals surface area contributed by atoms with Crippen molar-refractivity contribution in [3.8, 4) is 0 Å². The Hall–Kier alpha value is -1.26. The first-order valence-electron chi connectivity index (χ1n) is 7.94. The van der Waals surface area contributed by atoms with Gasteiger partial charge in [-0.05, 0) is 45.4 Å². The predicted octanol–water partition coefficient (Wildman–Crippen LogP) is 1.64. The van der Waals surface area contributed by atoms with E-state index in [1.165, 1.54) is 12.8 Å². The molecule has 5 heteroatoms. The smallest absolute Gasteiger partial charge is 0.310 e. The lowest BCUT2D eigenvalue weighted by Gasteiger charge is -2.34. The van der Waals surface area contributed by atoms with Crippen molar-refractivity contribution in [3.63, 3.8) is 0 Å². The van der Waals surface area contributed by atoms with Crippen molar-refractivity contribution in [3.05, 3.63) is 0 Å². The van der Waals surface area contributed by atoms with E-state index >= 15 is 0 Å². The largest absolute Gasteiger partial charge is 0.466 e. The van der Waals surface area contributed by atoms with E-state index < -0.39 is 0 Å². The third-order valence-electron chi connectivity index (χ3n) is 3.87. The van der Waals surface area contributed by atoms with Crippen LogP contribution in [-0.2, 0) is 9.53 Å². The summed E-state index contributed by atoms with van der Waals surface area (Å²) in [6.45, 7) is 7.90. The maximum Gasteiger partial charge on any atom is 0.310 e. The molecule has 5 nitrogen and oxygen atoms in total. The molecular formula is C15H27N3O2. The van der Waals surface area contributed by atoms with E-state index in [4.69, 9.17) is 9.73 Å². The molecule has 1 atom stereocenters. The van der Waals surface area contributed by atoms with Crippen LogP contribution < -0.4 is 5.32 Å². The van der Waals surface area contributed by atoms with Crippen LogP contribution in [0.5, 0.6) is 0 Å². The van der Waals surface area contributed by atoms with Crippen molar-refractivity contribution < 1.29 is 9.53 Å². The summed E-state index contributed by atoms with van der Waals surface area (Å²) in [7, 11) is 0. The van der Waals surface area contributed by atoms with Gasteiger partial charge < -0.3 is 15.0 Å². The average Bonchev–Trinajstić information content (AvgIpc) is 3.28. The Balaban J connectivity index is 1.93. The van der Waals surface area contributed by atoms with E-state index in [0.29, 0.717) is 6.61 Å². The molecule has 1 N–H and O–H groups in total. The molecule has 0 aromatic rings. The molecular weight excluding hydrogens is 254 g/mol. The Morgan fingerprint density at radius 3 is 2.80 bits per heavy atom. The van der Waals surface area contributed by atoms with Gasteiger partial charge in [0.15, 0.2) is 5.96 Å². The van der Waals surface area contributed by atoms with Crippen molar-refractivity contribution in [2.45, 2.75) is 39.5 Å². The number of nitrogens with one attached hydrogen (secondary N) is 1. The Morgan fingerprint density at radius 2 is 2.15 bits per heavy atom. The maximum absolute atomic E-state index is 11.9. The van der Waals surface area contributed by atoms with E-state index in [-0.39, 0.29) is 11.9 Å². The highest BCUT2D eigenvalue weighted by Crippen LogP contribution is 2.29. The molecule has 1 saturated heterocycles. The standard InChI is InChI=1S/C15H27N3O2/c1-3-16-15(17-10-12-7-8-12)18-9-5-6-13(11-18)14(19)20-4-2/h12-13H,3-11H2,1-2H3,(H,16,17). The third kappa shape index (κ3) is 4.39. The van der Waals surface area contributed by atoms with Gasteiger partial charge in [0.2, 0.25) is 0 Å². The Kier molecular flexibility index (Phi) is 5.68. The quantitative estimate of drug-likeness (QED) is 0.473. The number of hydrogen-bond acceptors (Lipinski definition) is 3. The number of ether oxygens (including phenoxy) is 1. The minimum absolute atomic E-state index is 0.00604. The first-order chi connectivity index (χ1) is 9.74. The fraction of sp³-hybridized carbons (Fsp3) is 0.867. The molecule has 114 valence electrons. The Morgan fingerprint density at radius 1 is 1.35 bits per heavy atom. The fourth-order valence-electron chi connectivity index (χ4n) is 2.56. The summed E-state index contributed by atoms with van der Waals surface area (Å²) in [4.78, 5) is 18.8. The number of nitrogens with zero attached hydrogens (tertiary/aromatic N) is 2. The first kappa shape index (κ1) is 15.1. The van der Waals surface area contributed by atoms with Crippen molar-refractivity contribution in [2.75, 3.05) is 32.8 Å². The highest BCUT2D eigenvalue weighted by Gasteiger charge is 2.29. The van der Waals surface area contributed by atoms with Gasteiger partial charge in [0, 0.05) is 26.2 Å². The zero-order valence-electron chi connectivity index (χ0n) is 12.7. The van der Waals surface area contributed by atoms with Gasteiger partial charge >= 0.3 is 5.97 Å². The zero-order chi connectivity index (χ0) is 14.4. The normalized spacial score (nSPS) is 23.6. The lowest BCUT2D eigenvalue weighted by Crippen LogP contribution is -2.48. The molecule has 0 aromatic heterocycles. The van der Waals surface area contributed by atoms with Crippen molar-refractivity contribution in [1.82, 2.24) is 10.2 Å². The van der Waals surface area contributed by atoms with E-state index in [1.807, 2.05) is 6.92 Å². The summed E-state index contributed by atoms with van der Waals surface area (Å²) in [5, 5.41) is 3.35. The maximum atomic E-state index is 11.9. The highest BCUT2D eigenvalue weighted by molar-refractivity contribution is 5.81. The topological polar surface area (TPSA) is 53.9 Å². The van der Waals surface area contributed by atoms with Crippen molar-refractivity contribution in [2.24, 2.45) is 16.8 Å². The average molecular weight is 281 g/mol. The first-order valence-corrected chi connectivity index (χ1v) is 7.94. The van der Waals surface area contributed by atoms with E-state index in [2.05, 4.69) is 17.1 Å². The third-order valence-corrected chi connectivity index (χ3v) is 3.87. The molecule has 2 rings (SSSR count). The predicted molar refractivity (Wildman–Crippen MR) is 79.6 cm³/mol. The van der Waals surface area contributed by atoms with Crippen molar-refractivity contribution >= 4 is 11.9 Å². The Bertz CT molecular complexity index is 353. The lowest BCUT2D eigenvalue weighted by atomic mass is 9.98. The van der Waals surface area contributed by atoms with Gasteiger partial charge in [-0.1, -0.05) is 0 Å². The van der Waals surface area contributed by atoms with Gasteiger partial charge in [-0.15, -0.1) is 0 Å². The number of carbonyl (C=O) groups excluding carboxylic acids is 1. The summed E-state index contributed by atoms with van der Waals surface area (Å²) in [6, 6.07) is 0. The van der Waals surface area contributed by atoms with Crippen molar-refractivity contribution in [1.29, 1.82) is 0 Å². The lowest BCUT2D eigenvalue weighted by molar-refractivity contribution is -0.149. The van der Waals surface area contributed by atoms with Gasteiger partial charge in [0.05, 0.1) is 12.5 Å². The molecule has 0 radical (unpaired) electrons. The molecule has 0 bridgehead atoms. The van der Waals surface area contributed by atoms with E-state index in [1.54, 1.807) is 0 Å². The van der Waals surface area contributed by atoms with Gasteiger partial charge in [-0.3, -0.25) is 9.79 Å². The number of rotatable bonds is 5. The van der Waals surface area contributed by atoms with Crippen LogP contribution in [-0.4, -0.2) is 49.6 Å². The minimum atomic E-state index is -0.0600. The summed E-state index contributed by atoms with van der Waals surface area (Å²) in [6.07, 6.45) is 4.58. The zero-order valence-corrected chi connectivity index (χ0v) is 12.7. The monoisotopic (exact) mass is 281 g/mol. The van der Waals surface area contributed by atoms with Crippen LogP contribution >= 0.6 is 0 Å². The van der Waals surface area contributed by atoms with Crippen LogP contribution in [0.3, 0.4) is 0 Å². The molecule has 1 unspecified atom stereocenters. The second-order valence-electron chi connectivity index (χ2n) is 5.68. The number of guanidine groups is 1. The summed E-state index contributed by atoms with van der Waals surface area (Å²) >= 11 is 0. The number of carbonyl (C=O) groups is 1. The van der Waals surface area contributed by atoms with Gasteiger partial charge in [0.1, 0.15) is 0 Å². The molecule has 0 amide bonds. The minimum Gasteiger partial charge on any atom is -0.466 e. The number of esters is 1. The second-order valence-corrected chi connectivity index (χ2v) is 5.68. The molecule has 0 aromatic carbocycles. The SMILES string of the molecule is CCNC(=NCC1CC1)N1CCCC(C(=O)OCC)C1. The fourth-order valence-corrected chi connectivity index (χ4v) is 2.56. The second kappa shape index (κ2) is 7.50. The Labute approximate surface area is 121 Å².